The van der Waals surface area contributed by atoms with E-state index in [9.17, 15) is 9.59 Å². The number of carbonyl (C=O) groups is 2. The van der Waals surface area contributed by atoms with Gasteiger partial charge in [-0.3, -0.25) is 9.59 Å². The highest BCUT2D eigenvalue weighted by Gasteiger charge is 2.07. The van der Waals surface area contributed by atoms with Gasteiger partial charge in [-0.15, -0.1) is 0 Å². The molecular formula is C23H22N2O3. The molecule has 0 aliphatic heterocycles. The molecule has 5 nitrogen and oxygen atoms in total. The number of amides is 2. The zero-order valence-electron chi connectivity index (χ0n) is 15.6. The molecule has 5 heteroatoms. The van der Waals surface area contributed by atoms with Crippen LogP contribution >= 0.6 is 0 Å². The van der Waals surface area contributed by atoms with Gasteiger partial charge in [-0.05, 0) is 47.5 Å². The van der Waals surface area contributed by atoms with Crippen molar-refractivity contribution in [3.05, 3.63) is 90.0 Å². The second-order valence-corrected chi connectivity index (χ2v) is 6.18. The zero-order valence-corrected chi connectivity index (χ0v) is 15.6. The van der Waals surface area contributed by atoms with E-state index < -0.39 is 0 Å². The summed E-state index contributed by atoms with van der Waals surface area (Å²) < 4.78 is 5.07. The Morgan fingerprint density at radius 1 is 0.679 bits per heavy atom. The van der Waals surface area contributed by atoms with Gasteiger partial charge in [-0.2, -0.15) is 0 Å². The third-order valence-electron chi connectivity index (χ3n) is 4.30. The Hall–Kier alpha value is -3.60. The van der Waals surface area contributed by atoms with Crippen LogP contribution in [-0.4, -0.2) is 32.0 Å². The highest BCUT2D eigenvalue weighted by atomic mass is 16.5. The first-order valence-corrected chi connectivity index (χ1v) is 9.03. The molecule has 0 bridgehead atoms. The highest BCUT2D eigenvalue weighted by Crippen LogP contribution is 2.19. The maximum Gasteiger partial charge on any atom is 0.251 e. The van der Waals surface area contributed by atoms with Crippen LogP contribution in [0.3, 0.4) is 0 Å². The van der Waals surface area contributed by atoms with E-state index >= 15 is 0 Å². The predicted molar refractivity (Wildman–Crippen MR) is 110 cm³/mol. The van der Waals surface area contributed by atoms with Gasteiger partial charge < -0.3 is 15.4 Å². The minimum absolute atomic E-state index is 0.168. The molecule has 0 heterocycles. The second-order valence-electron chi connectivity index (χ2n) is 6.18. The number of benzene rings is 3. The number of methoxy groups -OCH3 is 1. The van der Waals surface area contributed by atoms with Crippen molar-refractivity contribution in [1.29, 1.82) is 0 Å². The summed E-state index contributed by atoms with van der Waals surface area (Å²) in [6.45, 7) is 0.694. The number of hydrogen-bond acceptors (Lipinski definition) is 3. The quantitative estimate of drug-likeness (QED) is 0.622. The van der Waals surface area contributed by atoms with E-state index in [1.807, 2.05) is 42.5 Å². The van der Waals surface area contributed by atoms with E-state index in [-0.39, 0.29) is 11.8 Å². The highest BCUT2D eigenvalue weighted by molar-refractivity contribution is 5.95. The van der Waals surface area contributed by atoms with E-state index in [1.165, 1.54) is 0 Å². The molecule has 2 amide bonds. The van der Waals surface area contributed by atoms with Crippen LogP contribution in [0.4, 0.5) is 0 Å². The summed E-state index contributed by atoms with van der Waals surface area (Å²) in [4.78, 5) is 24.3. The van der Waals surface area contributed by atoms with Crippen molar-refractivity contribution in [3.63, 3.8) is 0 Å². The van der Waals surface area contributed by atoms with Crippen LogP contribution in [0.2, 0.25) is 0 Å². The van der Waals surface area contributed by atoms with Crippen molar-refractivity contribution >= 4 is 11.8 Å². The van der Waals surface area contributed by atoms with Crippen LogP contribution in [0.1, 0.15) is 20.7 Å². The van der Waals surface area contributed by atoms with Crippen molar-refractivity contribution in [2.45, 2.75) is 0 Å². The first-order chi connectivity index (χ1) is 13.7. The average molecular weight is 374 g/mol. The summed E-state index contributed by atoms with van der Waals surface area (Å²) in [5, 5.41) is 5.59. The third kappa shape index (κ3) is 4.98. The van der Waals surface area contributed by atoms with E-state index in [0.29, 0.717) is 30.0 Å². The van der Waals surface area contributed by atoms with Gasteiger partial charge in [0.05, 0.1) is 7.11 Å². The molecule has 0 saturated heterocycles. The first kappa shape index (κ1) is 19.2. The monoisotopic (exact) mass is 374 g/mol. The molecule has 0 radical (unpaired) electrons. The summed E-state index contributed by atoms with van der Waals surface area (Å²) >= 11 is 0. The number of nitrogens with one attached hydrogen (secondary N) is 2. The predicted octanol–water partition coefficient (Wildman–Crippen LogP) is 3.52. The summed E-state index contributed by atoms with van der Waals surface area (Å²) in [6, 6.07) is 24.3. The molecular weight excluding hydrogens is 352 g/mol. The molecule has 0 saturated carbocycles. The van der Waals surface area contributed by atoms with Gasteiger partial charge in [0.15, 0.2) is 0 Å². The zero-order chi connectivity index (χ0) is 19.8. The van der Waals surface area contributed by atoms with Crippen LogP contribution in [0, 0.1) is 0 Å². The molecule has 0 atom stereocenters. The van der Waals surface area contributed by atoms with Crippen LogP contribution in [0.25, 0.3) is 11.1 Å². The normalized spacial score (nSPS) is 10.2. The standard InChI is InChI=1S/C23H22N2O3/c1-28-21-13-11-20(12-14-21)23(27)25-16-15-24-22(26)19-9-7-18(8-10-19)17-5-3-2-4-6-17/h2-14H,15-16H2,1H3,(H,24,26)(H,25,27). The summed E-state index contributed by atoms with van der Waals surface area (Å²) in [5.74, 6) is 0.338. The van der Waals surface area contributed by atoms with Crippen molar-refractivity contribution < 1.29 is 14.3 Å². The molecule has 0 aliphatic rings. The molecule has 0 fully saturated rings. The summed E-state index contributed by atoms with van der Waals surface area (Å²) in [7, 11) is 1.58. The fourth-order valence-electron chi connectivity index (χ4n) is 2.74. The van der Waals surface area contributed by atoms with Crippen LogP contribution in [0.5, 0.6) is 5.75 Å². The topological polar surface area (TPSA) is 67.4 Å². The molecule has 2 N–H and O–H groups in total. The Balaban J connectivity index is 1.45. The Morgan fingerprint density at radius 3 is 1.64 bits per heavy atom. The molecule has 3 aromatic carbocycles. The number of rotatable bonds is 7. The average Bonchev–Trinajstić information content (AvgIpc) is 2.77. The smallest absolute Gasteiger partial charge is 0.251 e. The lowest BCUT2D eigenvalue weighted by Crippen LogP contribution is -2.34. The Kier molecular flexibility index (Phi) is 6.41. The van der Waals surface area contributed by atoms with E-state index in [1.54, 1.807) is 43.5 Å². The Labute approximate surface area is 164 Å². The molecule has 28 heavy (non-hydrogen) atoms. The van der Waals surface area contributed by atoms with Crippen molar-refractivity contribution in [3.8, 4) is 16.9 Å². The van der Waals surface area contributed by atoms with Gasteiger partial charge in [0.1, 0.15) is 5.75 Å². The Morgan fingerprint density at radius 2 is 1.14 bits per heavy atom. The van der Waals surface area contributed by atoms with Crippen LogP contribution < -0.4 is 15.4 Å². The third-order valence-corrected chi connectivity index (χ3v) is 4.30. The van der Waals surface area contributed by atoms with Gasteiger partial charge >= 0.3 is 0 Å². The van der Waals surface area contributed by atoms with Crippen molar-refractivity contribution in [2.75, 3.05) is 20.2 Å². The molecule has 3 rings (SSSR count). The van der Waals surface area contributed by atoms with E-state index in [0.717, 1.165) is 11.1 Å². The Bertz CT molecular complexity index is 920. The first-order valence-electron chi connectivity index (χ1n) is 9.03. The molecule has 142 valence electrons. The van der Waals surface area contributed by atoms with Crippen LogP contribution in [0.15, 0.2) is 78.9 Å². The fraction of sp³-hybridized carbons (Fsp3) is 0.130. The molecule has 0 aromatic heterocycles. The lowest BCUT2D eigenvalue weighted by Gasteiger charge is -2.08. The van der Waals surface area contributed by atoms with Gasteiger partial charge in [-0.1, -0.05) is 42.5 Å². The lowest BCUT2D eigenvalue weighted by atomic mass is 10.0. The maximum absolute atomic E-state index is 12.2. The second kappa shape index (κ2) is 9.37. The van der Waals surface area contributed by atoms with Gasteiger partial charge in [0.2, 0.25) is 0 Å². The molecule has 0 spiro atoms. The summed E-state index contributed by atoms with van der Waals surface area (Å²) in [5.41, 5.74) is 3.30. The summed E-state index contributed by atoms with van der Waals surface area (Å²) in [6.07, 6.45) is 0. The number of carbonyl (C=O) groups excluding carboxylic acids is 2. The van der Waals surface area contributed by atoms with Crippen molar-refractivity contribution in [1.82, 2.24) is 10.6 Å². The molecule has 3 aromatic rings. The minimum atomic E-state index is -0.191. The lowest BCUT2D eigenvalue weighted by molar-refractivity contribution is 0.0927. The van der Waals surface area contributed by atoms with Crippen molar-refractivity contribution in [2.24, 2.45) is 0 Å². The molecule has 0 unspecified atom stereocenters. The van der Waals surface area contributed by atoms with Gasteiger partial charge in [0.25, 0.3) is 11.8 Å². The number of hydrogen-bond donors (Lipinski definition) is 2. The minimum Gasteiger partial charge on any atom is -0.497 e. The largest absolute Gasteiger partial charge is 0.497 e. The number of ether oxygens (including phenoxy) is 1. The SMILES string of the molecule is COc1ccc(C(=O)NCCNC(=O)c2ccc(-c3ccccc3)cc2)cc1. The van der Waals surface area contributed by atoms with E-state index in [2.05, 4.69) is 10.6 Å². The maximum atomic E-state index is 12.2. The molecule has 0 aliphatic carbocycles. The van der Waals surface area contributed by atoms with Crippen LogP contribution in [-0.2, 0) is 0 Å². The van der Waals surface area contributed by atoms with Gasteiger partial charge in [0, 0.05) is 24.2 Å². The van der Waals surface area contributed by atoms with Gasteiger partial charge in [-0.25, -0.2) is 0 Å². The van der Waals surface area contributed by atoms with E-state index in [4.69, 9.17) is 4.74 Å². The fourth-order valence-corrected chi connectivity index (χ4v) is 2.74.